The number of hydrogen-bond donors (Lipinski definition) is 0. The Kier molecular flexibility index (Phi) is 2.55. The molecule has 4 heteroatoms. The van der Waals surface area contributed by atoms with Gasteiger partial charge >= 0.3 is 0 Å². The van der Waals surface area contributed by atoms with Crippen LogP contribution in [-0.4, -0.2) is 6.47 Å². The number of halogens is 4. The Hall–Kier alpha value is 1.92. The van der Waals surface area contributed by atoms with E-state index < -0.39 is 0 Å². The van der Waals surface area contributed by atoms with E-state index in [-0.39, 0.29) is 0 Å². The molecule has 3 aliphatic rings. The lowest BCUT2D eigenvalue weighted by molar-refractivity contribution is 0.468. The van der Waals surface area contributed by atoms with Crippen molar-refractivity contribution in [2.75, 3.05) is 0 Å². The second-order valence-electron chi connectivity index (χ2n) is 4.93. The van der Waals surface area contributed by atoms with Crippen molar-refractivity contribution < 1.29 is 0 Å². The molecule has 0 saturated heterocycles. The molecule has 3 saturated carbocycles. The molecule has 0 bridgehead atoms. The topological polar surface area (TPSA) is 0 Å². The average molecular weight is 452 g/mol. The summed E-state index contributed by atoms with van der Waals surface area (Å²) in [6, 6.07) is 0. The van der Waals surface area contributed by atoms with Crippen LogP contribution in [0, 0.1) is 23.7 Å². The van der Waals surface area contributed by atoms with Crippen LogP contribution in [0.5, 0.6) is 0 Å². The lowest BCUT2D eigenvalue weighted by Gasteiger charge is -2.03. The molecule has 0 radical (unpaired) electrons. The van der Waals surface area contributed by atoms with Crippen LogP contribution in [0.15, 0.2) is 0 Å². The van der Waals surface area contributed by atoms with Crippen LogP contribution in [0.2, 0.25) is 0 Å². The Balaban J connectivity index is 1.71. The first-order valence-electron chi connectivity index (χ1n) is 5.21. The van der Waals surface area contributed by atoms with Crippen LogP contribution in [-0.2, 0) is 0 Å². The van der Waals surface area contributed by atoms with Gasteiger partial charge in [0.05, 0.1) is 6.47 Å². The summed E-state index contributed by atoms with van der Waals surface area (Å²) in [6.07, 6.45) is 5.51. The van der Waals surface area contributed by atoms with Crippen LogP contribution in [0.3, 0.4) is 0 Å². The van der Waals surface area contributed by atoms with Crippen molar-refractivity contribution in [2.45, 2.75) is 32.2 Å². The van der Waals surface area contributed by atoms with Gasteiger partial charge in [-0.1, -0.05) is 63.7 Å². The molecule has 4 atom stereocenters. The van der Waals surface area contributed by atoms with Gasteiger partial charge in [0.15, 0.2) is 0 Å². The number of rotatable bonds is 0. The predicted molar refractivity (Wildman–Crippen MR) is 73.6 cm³/mol. The molecule has 0 aromatic heterocycles. The van der Waals surface area contributed by atoms with E-state index in [9.17, 15) is 0 Å². The first kappa shape index (κ1) is 11.0. The summed E-state index contributed by atoms with van der Waals surface area (Å²) in [5.74, 6) is 3.50. The van der Waals surface area contributed by atoms with Gasteiger partial charge in [0.1, 0.15) is 0 Å². The second-order valence-corrected chi connectivity index (χ2v) is 12.3. The van der Waals surface area contributed by atoms with Gasteiger partial charge in [0.2, 0.25) is 0 Å². The third-order valence-corrected chi connectivity index (χ3v) is 9.01. The molecule has 0 amide bonds. The standard InChI is InChI=1S/C10H12Br4/c11-9(12)5-1-2-6-8(10(6,13)14)4-3-7(5)9/h5-8H,1-4H2/t5-,6-,7-,8-/m1/s1. The lowest BCUT2D eigenvalue weighted by Crippen LogP contribution is -1.93. The van der Waals surface area contributed by atoms with Gasteiger partial charge < -0.3 is 0 Å². The first-order chi connectivity index (χ1) is 6.45. The third kappa shape index (κ3) is 1.46. The molecule has 3 fully saturated rings. The zero-order valence-electron chi connectivity index (χ0n) is 7.65. The van der Waals surface area contributed by atoms with Crippen molar-refractivity contribution in [1.29, 1.82) is 0 Å². The van der Waals surface area contributed by atoms with Crippen LogP contribution in [0.4, 0.5) is 0 Å². The Morgan fingerprint density at radius 2 is 0.786 bits per heavy atom. The SMILES string of the molecule is BrC1(Br)[C@@H]2CC[C@@H]3[C@@H](CC[C@H]21)C3(Br)Br. The van der Waals surface area contributed by atoms with Crippen LogP contribution >= 0.6 is 63.7 Å². The predicted octanol–water partition coefficient (Wildman–Crippen LogP) is 5.02. The van der Waals surface area contributed by atoms with Crippen LogP contribution in [0.1, 0.15) is 25.7 Å². The molecule has 0 nitrogen and oxygen atoms in total. The third-order valence-electron chi connectivity index (χ3n) is 4.31. The highest BCUT2D eigenvalue weighted by molar-refractivity contribution is 9.26. The second kappa shape index (κ2) is 3.23. The van der Waals surface area contributed by atoms with E-state index in [1.807, 2.05) is 0 Å². The zero-order chi connectivity index (χ0) is 10.1. The highest BCUT2D eigenvalue weighted by Crippen LogP contribution is 2.73. The average Bonchev–Trinajstić information content (AvgIpc) is 2.67. The summed E-state index contributed by atoms with van der Waals surface area (Å²) in [7, 11) is 0. The summed E-state index contributed by atoms with van der Waals surface area (Å²) in [6.45, 7) is 0. The summed E-state index contributed by atoms with van der Waals surface area (Å²) in [5, 5.41) is 0. The minimum absolute atomic E-state index is 0.304. The van der Waals surface area contributed by atoms with E-state index in [1.54, 1.807) is 0 Å². The fourth-order valence-corrected chi connectivity index (χ4v) is 7.07. The molecular weight excluding hydrogens is 440 g/mol. The zero-order valence-corrected chi connectivity index (χ0v) is 14.0. The monoisotopic (exact) mass is 448 g/mol. The number of hydrogen-bond acceptors (Lipinski definition) is 0. The van der Waals surface area contributed by atoms with Crippen molar-refractivity contribution in [3.05, 3.63) is 0 Å². The molecule has 0 unspecified atom stereocenters. The Morgan fingerprint density at radius 1 is 0.571 bits per heavy atom. The smallest absolute Gasteiger partial charge is 0.0721 e. The van der Waals surface area contributed by atoms with Gasteiger partial charge in [-0.2, -0.15) is 0 Å². The minimum Gasteiger partial charge on any atom is -0.0721 e. The van der Waals surface area contributed by atoms with Gasteiger partial charge in [0, 0.05) is 0 Å². The molecule has 0 heterocycles. The highest BCUT2D eigenvalue weighted by Gasteiger charge is 2.67. The van der Waals surface area contributed by atoms with Crippen molar-refractivity contribution in [3.8, 4) is 0 Å². The minimum atomic E-state index is 0.304. The van der Waals surface area contributed by atoms with Gasteiger partial charge in [-0.15, -0.1) is 0 Å². The summed E-state index contributed by atoms with van der Waals surface area (Å²) in [4.78, 5) is 0. The fourth-order valence-electron chi connectivity index (χ4n) is 3.21. The molecule has 0 aromatic carbocycles. The molecular formula is C10H12Br4. The molecule has 3 rings (SSSR count). The summed E-state index contributed by atoms with van der Waals surface area (Å²) < 4.78 is 0.607. The Labute approximate surface area is 118 Å². The van der Waals surface area contributed by atoms with Gasteiger partial charge in [-0.05, 0) is 49.4 Å². The van der Waals surface area contributed by atoms with E-state index in [1.165, 1.54) is 25.7 Å². The molecule has 14 heavy (non-hydrogen) atoms. The van der Waals surface area contributed by atoms with E-state index >= 15 is 0 Å². The van der Waals surface area contributed by atoms with E-state index in [2.05, 4.69) is 63.7 Å². The van der Waals surface area contributed by atoms with Crippen molar-refractivity contribution >= 4 is 63.7 Å². The lowest BCUT2D eigenvalue weighted by atomic mass is 10.0. The maximum Gasteiger partial charge on any atom is 0.0868 e. The van der Waals surface area contributed by atoms with Crippen molar-refractivity contribution in [1.82, 2.24) is 0 Å². The molecule has 0 N–H and O–H groups in total. The number of fused-ring (bicyclic) bond motifs is 2. The van der Waals surface area contributed by atoms with Gasteiger partial charge in [-0.25, -0.2) is 0 Å². The summed E-state index contributed by atoms with van der Waals surface area (Å²) in [5.41, 5.74) is 0. The van der Waals surface area contributed by atoms with Crippen molar-refractivity contribution in [3.63, 3.8) is 0 Å². The maximum absolute atomic E-state index is 3.81. The maximum atomic E-state index is 3.81. The van der Waals surface area contributed by atoms with E-state index in [0.29, 0.717) is 6.47 Å². The van der Waals surface area contributed by atoms with Gasteiger partial charge in [-0.3, -0.25) is 0 Å². The highest BCUT2D eigenvalue weighted by atomic mass is 79.9. The molecule has 80 valence electrons. The van der Waals surface area contributed by atoms with Crippen LogP contribution in [0.25, 0.3) is 0 Å². The van der Waals surface area contributed by atoms with Gasteiger partial charge in [0.25, 0.3) is 0 Å². The molecule has 0 spiro atoms. The van der Waals surface area contributed by atoms with E-state index in [4.69, 9.17) is 0 Å². The van der Waals surface area contributed by atoms with E-state index in [0.717, 1.165) is 23.7 Å². The van der Waals surface area contributed by atoms with Crippen molar-refractivity contribution in [2.24, 2.45) is 23.7 Å². The van der Waals surface area contributed by atoms with Crippen LogP contribution < -0.4 is 0 Å². The molecule has 0 aliphatic heterocycles. The Bertz CT molecular complexity index is 221. The fraction of sp³-hybridized carbons (Fsp3) is 1.00. The largest absolute Gasteiger partial charge is 0.0868 e. The summed E-state index contributed by atoms with van der Waals surface area (Å²) >= 11 is 15.2. The Morgan fingerprint density at radius 3 is 1.00 bits per heavy atom. The normalized spacial score (nSPS) is 52.3. The molecule has 3 aliphatic carbocycles. The first-order valence-corrected chi connectivity index (χ1v) is 8.38. The molecule has 0 aromatic rings. The number of alkyl halides is 4. The quantitative estimate of drug-likeness (QED) is 0.453.